The van der Waals surface area contributed by atoms with Gasteiger partial charge in [-0.1, -0.05) is 42.1 Å². The standard InChI is InChI=1S/C15H22BrNO2/c1-3-4-5-6-11(2)17-9-12-7-14-15(8-13(12)16)19-10-18-14/h7-8,11,17H,3-6,9-10H2,1-2H3. The van der Waals surface area contributed by atoms with Crippen LogP contribution in [0.3, 0.4) is 0 Å². The smallest absolute Gasteiger partial charge is 0.231 e. The Morgan fingerprint density at radius 2 is 2.00 bits per heavy atom. The van der Waals surface area contributed by atoms with Crippen LogP contribution in [0.25, 0.3) is 0 Å². The van der Waals surface area contributed by atoms with E-state index in [9.17, 15) is 0 Å². The molecule has 1 aromatic carbocycles. The third-order valence-corrected chi connectivity index (χ3v) is 4.16. The topological polar surface area (TPSA) is 30.5 Å². The van der Waals surface area contributed by atoms with E-state index in [1.54, 1.807) is 0 Å². The van der Waals surface area contributed by atoms with Crippen LogP contribution in [-0.2, 0) is 6.54 Å². The quantitative estimate of drug-likeness (QED) is 0.760. The number of halogens is 1. The zero-order valence-corrected chi connectivity index (χ0v) is 13.3. The van der Waals surface area contributed by atoms with Gasteiger partial charge in [0.15, 0.2) is 11.5 Å². The number of hydrogen-bond donors (Lipinski definition) is 1. The lowest BCUT2D eigenvalue weighted by Gasteiger charge is -2.14. The van der Waals surface area contributed by atoms with Gasteiger partial charge in [0.2, 0.25) is 6.79 Å². The molecule has 1 atom stereocenters. The van der Waals surface area contributed by atoms with Crippen LogP contribution in [0.5, 0.6) is 11.5 Å². The summed E-state index contributed by atoms with van der Waals surface area (Å²) in [5.41, 5.74) is 1.21. The molecule has 1 unspecified atom stereocenters. The molecule has 0 bridgehead atoms. The second-order valence-corrected chi connectivity index (χ2v) is 5.93. The summed E-state index contributed by atoms with van der Waals surface area (Å²) in [7, 11) is 0. The van der Waals surface area contributed by atoms with Crippen LogP contribution >= 0.6 is 15.9 Å². The molecule has 0 saturated heterocycles. The first-order valence-corrected chi connectivity index (χ1v) is 7.81. The Bertz CT molecular complexity index is 423. The number of ether oxygens (including phenoxy) is 2. The van der Waals surface area contributed by atoms with E-state index >= 15 is 0 Å². The van der Waals surface area contributed by atoms with Crippen LogP contribution in [0.15, 0.2) is 16.6 Å². The molecule has 0 fully saturated rings. The van der Waals surface area contributed by atoms with Gasteiger partial charge >= 0.3 is 0 Å². The second-order valence-electron chi connectivity index (χ2n) is 5.07. The van der Waals surface area contributed by atoms with E-state index < -0.39 is 0 Å². The molecule has 2 rings (SSSR count). The third kappa shape index (κ3) is 4.11. The van der Waals surface area contributed by atoms with Crippen molar-refractivity contribution in [1.82, 2.24) is 5.32 Å². The number of unbranched alkanes of at least 4 members (excludes halogenated alkanes) is 2. The zero-order chi connectivity index (χ0) is 13.7. The van der Waals surface area contributed by atoms with Crippen molar-refractivity contribution in [3.63, 3.8) is 0 Å². The molecule has 0 spiro atoms. The van der Waals surface area contributed by atoms with Crippen LogP contribution in [0.1, 0.15) is 45.1 Å². The predicted molar refractivity (Wildman–Crippen MR) is 80.7 cm³/mol. The molecule has 1 aliphatic heterocycles. The molecule has 106 valence electrons. The summed E-state index contributed by atoms with van der Waals surface area (Å²) in [5.74, 6) is 1.67. The zero-order valence-electron chi connectivity index (χ0n) is 11.7. The molecule has 3 nitrogen and oxygen atoms in total. The molecule has 4 heteroatoms. The van der Waals surface area contributed by atoms with Gasteiger partial charge in [0.1, 0.15) is 0 Å². The van der Waals surface area contributed by atoms with E-state index in [-0.39, 0.29) is 0 Å². The average molecular weight is 328 g/mol. The number of fused-ring (bicyclic) bond motifs is 1. The monoisotopic (exact) mass is 327 g/mol. The molecular weight excluding hydrogens is 306 g/mol. The van der Waals surface area contributed by atoms with Crippen molar-refractivity contribution >= 4 is 15.9 Å². The van der Waals surface area contributed by atoms with Gasteiger partial charge in [-0.25, -0.2) is 0 Å². The Balaban J connectivity index is 1.86. The lowest BCUT2D eigenvalue weighted by atomic mass is 10.1. The normalized spacial score (nSPS) is 14.7. The third-order valence-electron chi connectivity index (χ3n) is 3.42. The highest BCUT2D eigenvalue weighted by Gasteiger charge is 2.16. The lowest BCUT2D eigenvalue weighted by Crippen LogP contribution is -2.25. The molecule has 1 aromatic rings. The molecule has 0 aromatic heterocycles. The van der Waals surface area contributed by atoms with Crippen molar-refractivity contribution in [1.29, 1.82) is 0 Å². The summed E-state index contributed by atoms with van der Waals surface area (Å²) in [6.45, 7) is 5.66. The molecule has 1 aliphatic rings. The minimum Gasteiger partial charge on any atom is -0.454 e. The van der Waals surface area contributed by atoms with Crippen LogP contribution in [0.4, 0.5) is 0 Å². The van der Waals surface area contributed by atoms with Gasteiger partial charge in [-0.05, 0) is 31.0 Å². The van der Waals surface area contributed by atoms with E-state index in [2.05, 4.69) is 41.2 Å². The number of rotatable bonds is 7. The molecule has 0 amide bonds. The Kier molecular flexibility index (Phi) is 5.52. The number of nitrogens with one attached hydrogen (secondary N) is 1. The first-order chi connectivity index (χ1) is 9.20. The van der Waals surface area contributed by atoms with Gasteiger partial charge in [0.05, 0.1) is 0 Å². The maximum Gasteiger partial charge on any atom is 0.231 e. The van der Waals surface area contributed by atoms with Crippen molar-refractivity contribution in [2.24, 2.45) is 0 Å². The van der Waals surface area contributed by atoms with E-state index in [0.717, 1.165) is 22.5 Å². The van der Waals surface area contributed by atoms with Gasteiger partial charge in [-0.3, -0.25) is 0 Å². The summed E-state index contributed by atoms with van der Waals surface area (Å²) in [5, 5.41) is 3.56. The highest BCUT2D eigenvalue weighted by molar-refractivity contribution is 9.10. The van der Waals surface area contributed by atoms with Crippen LogP contribution in [0, 0.1) is 0 Å². The maximum absolute atomic E-state index is 5.41. The van der Waals surface area contributed by atoms with Gasteiger partial charge in [-0.15, -0.1) is 0 Å². The van der Waals surface area contributed by atoms with Crippen molar-refractivity contribution in [2.45, 2.75) is 52.1 Å². The number of benzene rings is 1. The Hall–Kier alpha value is -0.740. The largest absolute Gasteiger partial charge is 0.454 e. The highest BCUT2D eigenvalue weighted by Crippen LogP contribution is 2.36. The van der Waals surface area contributed by atoms with Crippen molar-refractivity contribution in [3.8, 4) is 11.5 Å². The van der Waals surface area contributed by atoms with E-state index in [0.29, 0.717) is 12.8 Å². The van der Waals surface area contributed by atoms with Gasteiger partial charge in [0.25, 0.3) is 0 Å². The fourth-order valence-electron chi connectivity index (χ4n) is 2.18. The van der Waals surface area contributed by atoms with E-state index in [1.165, 1.54) is 31.2 Å². The maximum atomic E-state index is 5.41. The van der Waals surface area contributed by atoms with Crippen LogP contribution in [-0.4, -0.2) is 12.8 Å². The van der Waals surface area contributed by atoms with Crippen LogP contribution < -0.4 is 14.8 Å². The number of hydrogen-bond acceptors (Lipinski definition) is 3. The summed E-state index contributed by atoms with van der Waals surface area (Å²) < 4.78 is 11.8. The minimum absolute atomic E-state index is 0.325. The van der Waals surface area contributed by atoms with Crippen LogP contribution in [0.2, 0.25) is 0 Å². The average Bonchev–Trinajstić information content (AvgIpc) is 2.83. The Morgan fingerprint density at radius 3 is 2.74 bits per heavy atom. The van der Waals surface area contributed by atoms with Crippen molar-refractivity contribution in [2.75, 3.05) is 6.79 Å². The molecular formula is C15H22BrNO2. The SMILES string of the molecule is CCCCCC(C)NCc1cc2c(cc1Br)OCO2. The molecule has 19 heavy (non-hydrogen) atoms. The molecule has 1 N–H and O–H groups in total. The van der Waals surface area contributed by atoms with Gasteiger partial charge in [-0.2, -0.15) is 0 Å². The second kappa shape index (κ2) is 7.15. The first-order valence-electron chi connectivity index (χ1n) is 7.02. The molecule has 0 aliphatic carbocycles. The summed E-state index contributed by atoms with van der Waals surface area (Å²) in [6.07, 6.45) is 5.13. The predicted octanol–water partition coefficient (Wildman–Crippen LogP) is 4.24. The lowest BCUT2D eigenvalue weighted by molar-refractivity contribution is 0.174. The van der Waals surface area contributed by atoms with Gasteiger partial charge < -0.3 is 14.8 Å². The first kappa shape index (κ1) is 14.7. The van der Waals surface area contributed by atoms with E-state index in [4.69, 9.17) is 9.47 Å². The summed E-state index contributed by atoms with van der Waals surface area (Å²) in [4.78, 5) is 0. The highest BCUT2D eigenvalue weighted by atomic mass is 79.9. The minimum atomic E-state index is 0.325. The molecule has 0 radical (unpaired) electrons. The van der Waals surface area contributed by atoms with E-state index in [1.807, 2.05) is 6.07 Å². The van der Waals surface area contributed by atoms with Crippen molar-refractivity contribution in [3.05, 3.63) is 22.2 Å². The van der Waals surface area contributed by atoms with Crippen molar-refractivity contribution < 1.29 is 9.47 Å². The Morgan fingerprint density at radius 1 is 1.26 bits per heavy atom. The van der Waals surface area contributed by atoms with Gasteiger partial charge in [0, 0.05) is 17.1 Å². The summed E-state index contributed by atoms with van der Waals surface area (Å²) in [6, 6.07) is 4.59. The summed E-state index contributed by atoms with van der Waals surface area (Å²) >= 11 is 3.59. The molecule has 1 heterocycles. The molecule has 0 saturated carbocycles. The fourth-order valence-corrected chi connectivity index (χ4v) is 2.64. The Labute approximate surface area is 123 Å². The fraction of sp³-hybridized carbons (Fsp3) is 0.600.